The Hall–Kier alpha value is -2.78. The Morgan fingerprint density at radius 2 is 2.00 bits per heavy atom. The van der Waals surface area contributed by atoms with Crippen molar-refractivity contribution in [2.75, 3.05) is 13.4 Å². The molecule has 0 saturated heterocycles. The lowest BCUT2D eigenvalue weighted by atomic mass is 10.0. The van der Waals surface area contributed by atoms with Crippen LogP contribution >= 0.6 is 11.3 Å². The van der Waals surface area contributed by atoms with Crippen LogP contribution in [0.5, 0.6) is 11.5 Å². The second-order valence-corrected chi connectivity index (χ2v) is 7.76. The molecule has 1 aromatic carbocycles. The molecule has 8 nitrogen and oxygen atoms in total. The number of ether oxygens (including phenoxy) is 2. The van der Waals surface area contributed by atoms with Crippen LogP contribution in [0.4, 0.5) is 4.79 Å². The number of hydrogen-bond acceptors (Lipinski definition) is 6. The van der Waals surface area contributed by atoms with E-state index in [2.05, 4.69) is 10.6 Å². The summed E-state index contributed by atoms with van der Waals surface area (Å²) in [5, 5.41) is 26.0. The summed E-state index contributed by atoms with van der Waals surface area (Å²) in [4.78, 5) is 25.1. The molecule has 1 aliphatic rings. The third-order valence-corrected chi connectivity index (χ3v) is 5.46. The van der Waals surface area contributed by atoms with Gasteiger partial charge in [-0.05, 0) is 42.0 Å². The molecule has 2 amide bonds. The van der Waals surface area contributed by atoms with E-state index in [9.17, 15) is 14.7 Å². The van der Waals surface area contributed by atoms with Gasteiger partial charge in [0.2, 0.25) is 6.79 Å². The van der Waals surface area contributed by atoms with Crippen molar-refractivity contribution in [2.24, 2.45) is 0 Å². The highest BCUT2D eigenvalue weighted by molar-refractivity contribution is 7.09. The van der Waals surface area contributed by atoms with E-state index in [1.807, 2.05) is 17.5 Å². The quantitative estimate of drug-likeness (QED) is 0.470. The fourth-order valence-corrected chi connectivity index (χ4v) is 3.96. The van der Waals surface area contributed by atoms with Crippen LogP contribution in [0.3, 0.4) is 0 Å². The standard InChI is InChI=1S/C20H24N2O6S/c23-7-1-3-14(10-15-4-2-8-29-15)21-20(26)22-16(11-19(24)25)13-5-6-17-18(9-13)28-12-27-17/h2,4-6,8-9,14,16,23H,1,3,7,10-12H2,(H,24,25)(H2,21,22,26). The zero-order valence-corrected chi connectivity index (χ0v) is 16.6. The van der Waals surface area contributed by atoms with Crippen molar-refractivity contribution in [1.82, 2.24) is 10.6 Å². The van der Waals surface area contributed by atoms with Crippen molar-refractivity contribution in [3.8, 4) is 11.5 Å². The van der Waals surface area contributed by atoms with Crippen LogP contribution in [0, 0.1) is 0 Å². The monoisotopic (exact) mass is 420 g/mol. The van der Waals surface area contributed by atoms with Gasteiger partial charge >= 0.3 is 12.0 Å². The van der Waals surface area contributed by atoms with E-state index in [1.54, 1.807) is 29.5 Å². The molecule has 2 atom stereocenters. The number of rotatable bonds is 10. The molecule has 9 heteroatoms. The van der Waals surface area contributed by atoms with Gasteiger partial charge < -0.3 is 30.3 Å². The molecule has 0 fully saturated rings. The molecule has 0 radical (unpaired) electrons. The van der Waals surface area contributed by atoms with Gasteiger partial charge in [-0.2, -0.15) is 0 Å². The number of aliphatic hydroxyl groups excluding tert-OH is 1. The van der Waals surface area contributed by atoms with E-state index >= 15 is 0 Å². The number of carboxylic acids is 1. The van der Waals surface area contributed by atoms with Crippen LogP contribution in [0.1, 0.15) is 35.7 Å². The zero-order chi connectivity index (χ0) is 20.6. The van der Waals surface area contributed by atoms with Crippen LogP contribution in [-0.2, 0) is 11.2 Å². The number of aliphatic carboxylic acids is 1. The number of hydrogen-bond donors (Lipinski definition) is 4. The van der Waals surface area contributed by atoms with Crippen LogP contribution < -0.4 is 20.1 Å². The summed E-state index contributed by atoms with van der Waals surface area (Å²) in [5.74, 6) is 0.0919. The van der Waals surface area contributed by atoms with Crippen molar-refractivity contribution >= 4 is 23.3 Å². The van der Waals surface area contributed by atoms with Gasteiger partial charge in [0.1, 0.15) is 0 Å². The number of carbonyl (C=O) groups excluding carboxylic acids is 1. The summed E-state index contributed by atoms with van der Waals surface area (Å²) in [7, 11) is 0. The average Bonchev–Trinajstić information content (AvgIpc) is 3.36. The van der Waals surface area contributed by atoms with Crippen LogP contribution in [0.15, 0.2) is 35.7 Å². The topological polar surface area (TPSA) is 117 Å². The minimum Gasteiger partial charge on any atom is -0.481 e. The summed E-state index contributed by atoms with van der Waals surface area (Å²) in [5.41, 5.74) is 0.622. The van der Waals surface area contributed by atoms with E-state index in [1.165, 1.54) is 0 Å². The van der Waals surface area contributed by atoms with Gasteiger partial charge in [-0.25, -0.2) is 4.79 Å². The van der Waals surface area contributed by atoms with Crippen LogP contribution in [0.25, 0.3) is 0 Å². The van der Waals surface area contributed by atoms with E-state index in [0.29, 0.717) is 36.3 Å². The molecule has 0 bridgehead atoms. The number of urea groups is 1. The molecule has 3 rings (SSSR count). The van der Waals surface area contributed by atoms with Gasteiger partial charge in [-0.1, -0.05) is 12.1 Å². The predicted octanol–water partition coefficient (Wildman–Crippen LogP) is 2.68. The first kappa shape index (κ1) is 20.9. The summed E-state index contributed by atoms with van der Waals surface area (Å²) >= 11 is 1.60. The van der Waals surface area contributed by atoms with Crippen molar-refractivity contribution in [1.29, 1.82) is 0 Å². The molecule has 2 heterocycles. The number of aliphatic hydroxyl groups is 1. The first-order valence-corrected chi connectivity index (χ1v) is 10.2. The average molecular weight is 420 g/mol. The molecule has 0 saturated carbocycles. The van der Waals surface area contributed by atoms with Crippen molar-refractivity contribution in [3.63, 3.8) is 0 Å². The Labute approximate surface area is 172 Å². The molecule has 0 aliphatic carbocycles. The first-order chi connectivity index (χ1) is 14.0. The lowest BCUT2D eigenvalue weighted by Gasteiger charge is -2.22. The number of carbonyl (C=O) groups is 2. The second kappa shape index (κ2) is 10.1. The van der Waals surface area contributed by atoms with Crippen LogP contribution in [0.2, 0.25) is 0 Å². The van der Waals surface area contributed by atoms with Gasteiger partial charge in [-0.15, -0.1) is 11.3 Å². The van der Waals surface area contributed by atoms with Gasteiger partial charge in [0.25, 0.3) is 0 Å². The van der Waals surface area contributed by atoms with Gasteiger partial charge in [0, 0.05) is 23.9 Å². The lowest BCUT2D eigenvalue weighted by Crippen LogP contribution is -2.44. The Kier molecular flexibility index (Phi) is 7.31. The number of thiophene rings is 1. The van der Waals surface area contributed by atoms with Gasteiger partial charge in [0.05, 0.1) is 12.5 Å². The fraction of sp³-hybridized carbons (Fsp3) is 0.400. The number of benzene rings is 1. The van der Waals surface area contributed by atoms with Crippen molar-refractivity contribution in [2.45, 2.75) is 37.8 Å². The maximum atomic E-state index is 12.6. The van der Waals surface area contributed by atoms with E-state index in [0.717, 1.165) is 4.88 Å². The molecule has 1 aliphatic heterocycles. The number of fused-ring (bicyclic) bond motifs is 1. The number of amides is 2. The maximum Gasteiger partial charge on any atom is 0.315 e. The number of carboxylic acid groups (broad SMARTS) is 1. The molecule has 4 N–H and O–H groups in total. The van der Waals surface area contributed by atoms with E-state index in [4.69, 9.17) is 14.6 Å². The van der Waals surface area contributed by atoms with E-state index in [-0.39, 0.29) is 25.9 Å². The fourth-order valence-electron chi connectivity index (χ4n) is 3.18. The van der Waals surface area contributed by atoms with Crippen LogP contribution in [-0.4, -0.2) is 41.7 Å². The molecular weight excluding hydrogens is 396 g/mol. The zero-order valence-electron chi connectivity index (χ0n) is 15.8. The molecular formula is C20H24N2O6S. The minimum absolute atomic E-state index is 0.0447. The van der Waals surface area contributed by atoms with Gasteiger partial charge in [-0.3, -0.25) is 4.79 Å². The predicted molar refractivity (Wildman–Crippen MR) is 107 cm³/mol. The highest BCUT2D eigenvalue weighted by Crippen LogP contribution is 2.34. The highest BCUT2D eigenvalue weighted by Gasteiger charge is 2.23. The second-order valence-electron chi connectivity index (χ2n) is 6.73. The van der Waals surface area contributed by atoms with Crippen molar-refractivity contribution in [3.05, 3.63) is 46.2 Å². The molecule has 0 spiro atoms. The normalized spacial score (nSPS) is 14.2. The largest absolute Gasteiger partial charge is 0.481 e. The van der Waals surface area contributed by atoms with Gasteiger partial charge in [0.15, 0.2) is 11.5 Å². The molecule has 156 valence electrons. The summed E-state index contributed by atoms with van der Waals surface area (Å²) < 4.78 is 10.6. The molecule has 29 heavy (non-hydrogen) atoms. The summed E-state index contributed by atoms with van der Waals surface area (Å²) in [6, 6.07) is 7.72. The summed E-state index contributed by atoms with van der Waals surface area (Å²) in [6.45, 7) is 0.161. The summed E-state index contributed by atoms with van der Waals surface area (Å²) in [6.07, 6.45) is 1.57. The molecule has 2 aromatic rings. The molecule has 2 unspecified atom stereocenters. The number of nitrogens with one attached hydrogen (secondary N) is 2. The SMILES string of the molecule is O=C(O)CC(NC(=O)NC(CCCO)Cc1cccs1)c1ccc2c(c1)OCO2. The Balaban J connectivity index is 1.67. The Morgan fingerprint density at radius 1 is 1.17 bits per heavy atom. The molecule has 1 aromatic heterocycles. The highest BCUT2D eigenvalue weighted by atomic mass is 32.1. The smallest absolute Gasteiger partial charge is 0.315 e. The van der Waals surface area contributed by atoms with E-state index < -0.39 is 18.0 Å². The maximum absolute atomic E-state index is 12.6. The third-order valence-electron chi connectivity index (χ3n) is 4.56. The first-order valence-electron chi connectivity index (χ1n) is 9.36. The Morgan fingerprint density at radius 3 is 2.72 bits per heavy atom. The third kappa shape index (κ3) is 6.10. The van der Waals surface area contributed by atoms with Crippen molar-refractivity contribution < 1.29 is 29.3 Å². The lowest BCUT2D eigenvalue weighted by molar-refractivity contribution is -0.137. The Bertz CT molecular complexity index is 826. The minimum atomic E-state index is -1.02.